The number of rotatable bonds is 10. The number of hydrogen-bond donors (Lipinski definition) is 2. The summed E-state index contributed by atoms with van der Waals surface area (Å²) in [4.78, 5) is 16.2. The Kier molecular flexibility index (Phi) is 9.28. The van der Waals surface area contributed by atoms with E-state index in [4.69, 9.17) is 4.74 Å². The average Bonchev–Trinajstić information content (AvgIpc) is 2.74. The number of hydrogen-bond acceptors (Lipinski definition) is 3. The first-order valence-electron chi connectivity index (χ1n) is 10.3. The van der Waals surface area contributed by atoms with Crippen LogP contribution >= 0.6 is 0 Å². The SMILES string of the molecule is CN=C(NCCCCn1c(C)cccc1=O)NCCC(C)c1ccc(OC)cc1. The standard InChI is InChI=1S/C23H34N4O2/c1-18(20-10-12-21(29-4)13-11-20)14-16-26-23(24-3)25-15-5-6-17-27-19(2)8-7-9-22(27)28/h7-13,18H,5-6,14-17H2,1-4H3,(H2,24,25,26). The molecule has 2 N–H and O–H groups in total. The predicted molar refractivity (Wildman–Crippen MR) is 120 cm³/mol. The fourth-order valence-electron chi connectivity index (χ4n) is 3.24. The van der Waals surface area contributed by atoms with Crippen molar-refractivity contribution in [1.29, 1.82) is 0 Å². The summed E-state index contributed by atoms with van der Waals surface area (Å²) in [5.41, 5.74) is 2.39. The van der Waals surface area contributed by atoms with Crippen molar-refractivity contribution in [2.24, 2.45) is 4.99 Å². The molecule has 29 heavy (non-hydrogen) atoms. The second-order valence-corrected chi connectivity index (χ2v) is 7.25. The Hall–Kier alpha value is -2.76. The van der Waals surface area contributed by atoms with Gasteiger partial charge in [0.25, 0.3) is 5.56 Å². The van der Waals surface area contributed by atoms with Crippen LogP contribution in [0, 0.1) is 6.92 Å². The first-order valence-corrected chi connectivity index (χ1v) is 10.3. The number of benzene rings is 1. The Morgan fingerprint density at radius 2 is 1.83 bits per heavy atom. The lowest BCUT2D eigenvalue weighted by atomic mass is 9.98. The molecule has 0 fully saturated rings. The third-order valence-electron chi connectivity index (χ3n) is 5.15. The first kappa shape index (κ1) is 22.5. The highest BCUT2D eigenvalue weighted by Crippen LogP contribution is 2.21. The maximum absolute atomic E-state index is 11.9. The molecule has 0 radical (unpaired) electrons. The lowest BCUT2D eigenvalue weighted by Gasteiger charge is -2.16. The van der Waals surface area contributed by atoms with Crippen molar-refractivity contribution in [1.82, 2.24) is 15.2 Å². The molecule has 0 aliphatic heterocycles. The molecular weight excluding hydrogens is 364 g/mol. The third-order valence-corrected chi connectivity index (χ3v) is 5.15. The molecule has 0 saturated heterocycles. The maximum atomic E-state index is 11.9. The largest absolute Gasteiger partial charge is 0.497 e. The van der Waals surface area contributed by atoms with E-state index in [1.165, 1.54) is 5.56 Å². The van der Waals surface area contributed by atoms with Gasteiger partial charge in [0, 0.05) is 38.4 Å². The Bertz CT molecular complexity index is 828. The minimum Gasteiger partial charge on any atom is -0.497 e. The van der Waals surface area contributed by atoms with Crippen LogP contribution in [0.1, 0.15) is 43.4 Å². The van der Waals surface area contributed by atoms with Crippen LogP contribution in [0.15, 0.2) is 52.3 Å². The van der Waals surface area contributed by atoms with Crippen LogP contribution in [0.4, 0.5) is 0 Å². The van der Waals surface area contributed by atoms with Gasteiger partial charge in [-0.15, -0.1) is 0 Å². The van der Waals surface area contributed by atoms with Crippen LogP contribution < -0.4 is 20.9 Å². The van der Waals surface area contributed by atoms with E-state index in [2.05, 4.69) is 34.7 Å². The summed E-state index contributed by atoms with van der Waals surface area (Å²) in [5.74, 6) is 2.16. The maximum Gasteiger partial charge on any atom is 0.250 e. The summed E-state index contributed by atoms with van der Waals surface area (Å²) in [6.07, 6.45) is 2.94. The highest BCUT2D eigenvalue weighted by molar-refractivity contribution is 5.79. The first-order chi connectivity index (χ1) is 14.0. The third kappa shape index (κ3) is 7.29. The van der Waals surface area contributed by atoms with Gasteiger partial charge in [0.2, 0.25) is 0 Å². The van der Waals surface area contributed by atoms with Crippen molar-refractivity contribution in [2.45, 2.75) is 45.6 Å². The Morgan fingerprint density at radius 3 is 2.48 bits per heavy atom. The van der Waals surface area contributed by atoms with Crippen molar-refractivity contribution in [3.05, 3.63) is 64.1 Å². The number of aliphatic imine (C=N–C) groups is 1. The van der Waals surface area contributed by atoms with Gasteiger partial charge >= 0.3 is 0 Å². The molecule has 0 aliphatic carbocycles. The van der Waals surface area contributed by atoms with Gasteiger partial charge in [0.05, 0.1) is 7.11 Å². The number of guanidine groups is 1. The molecule has 1 unspecified atom stereocenters. The van der Waals surface area contributed by atoms with Gasteiger partial charge in [0.1, 0.15) is 5.75 Å². The van der Waals surface area contributed by atoms with E-state index < -0.39 is 0 Å². The second-order valence-electron chi connectivity index (χ2n) is 7.25. The molecule has 1 aromatic carbocycles. The topological polar surface area (TPSA) is 67.7 Å². The molecule has 0 spiro atoms. The highest BCUT2D eigenvalue weighted by Gasteiger charge is 2.06. The molecule has 0 saturated carbocycles. The van der Waals surface area contributed by atoms with Gasteiger partial charge in [-0.05, 0) is 55.9 Å². The van der Waals surface area contributed by atoms with Crippen LogP contribution in [0.5, 0.6) is 5.75 Å². The molecule has 6 heteroatoms. The monoisotopic (exact) mass is 398 g/mol. The van der Waals surface area contributed by atoms with E-state index in [1.807, 2.05) is 29.7 Å². The number of pyridine rings is 1. The number of ether oxygens (including phenoxy) is 1. The Balaban J connectivity index is 1.65. The summed E-state index contributed by atoms with van der Waals surface area (Å²) < 4.78 is 7.04. The molecular formula is C23H34N4O2. The Morgan fingerprint density at radius 1 is 1.10 bits per heavy atom. The van der Waals surface area contributed by atoms with E-state index >= 15 is 0 Å². The average molecular weight is 399 g/mol. The summed E-state index contributed by atoms with van der Waals surface area (Å²) >= 11 is 0. The molecule has 6 nitrogen and oxygen atoms in total. The molecule has 0 bridgehead atoms. The van der Waals surface area contributed by atoms with Gasteiger partial charge in [-0.1, -0.05) is 25.1 Å². The number of methoxy groups -OCH3 is 1. The fraction of sp³-hybridized carbons (Fsp3) is 0.478. The van der Waals surface area contributed by atoms with Gasteiger partial charge in [0.15, 0.2) is 5.96 Å². The van der Waals surface area contributed by atoms with Gasteiger partial charge < -0.3 is 19.9 Å². The van der Waals surface area contributed by atoms with Gasteiger partial charge in [-0.2, -0.15) is 0 Å². The van der Waals surface area contributed by atoms with Crippen molar-refractivity contribution >= 4 is 5.96 Å². The summed E-state index contributed by atoms with van der Waals surface area (Å²) in [7, 11) is 3.47. The van der Waals surface area contributed by atoms with Crippen molar-refractivity contribution in [3.8, 4) is 5.75 Å². The van der Waals surface area contributed by atoms with Crippen LogP contribution in [0.25, 0.3) is 0 Å². The van der Waals surface area contributed by atoms with Crippen LogP contribution in [0.2, 0.25) is 0 Å². The predicted octanol–water partition coefficient (Wildman–Crippen LogP) is 3.30. The number of unbranched alkanes of at least 4 members (excludes halogenated alkanes) is 1. The van der Waals surface area contributed by atoms with E-state index in [1.54, 1.807) is 26.3 Å². The van der Waals surface area contributed by atoms with Crippen LogP contribution in [0.3, 0.4) is 0 Å². The van der Waals surface area contributed by atoms with E-state index in [-0.39, 0.29) is 5.56 Å². The lowest BCUT2D eigenvalue weighted by molar-refractivity contribution is 0.414. The van der Waals surface area contributed by atoms with Gasteiger partial charge in [-0.3, -0.25) is 9.79 Å². The second kappa shape index (κ2) is 11.9. The van der Waals surface area contributed by atoms with Crippen molar-refractivity contribution < 1.29 is 4.74 Å². The number of nitrogens with one attached hydrogen (secondary N) is 2. The zero-order valence-electron chi connectivity index (χ0n) is 18.1. The molecule has 1 atom stereocenters. The van der Waals surface area contributed by atoms with Gasteiger partial charge in [-0.25, -0.2) is 0 Å². The van der Waals surface area contributed by atoms with Crippen LogP contribution in [-0.2, 0) is 6.54 Å². The molecule has 1 heterocycles. The molecule has 158 valence electrons. The summed E-state index contributed by atoms with van der Waals surface area (Å²) in [5, 5.41) is 6.73. The lowest BCUT2D eigenvalue weighted by Crippen LogP contribution is -2.38. The minimum atomic E-state index is 0.0708. The fourth-order valence-corrected chi connectivity index (χ4v) is 3.24. The zero-order chi connectivity index (χ0) is 21.1. The van der Waals surface area contributed by atoms with Crippen molar-refractivity contribution in [2.75, 3.05) is 27.2 Å². The molecule has 0 aliphatic rings. The number of nitrogens with zero attached hydrogens (tertiary/aromatic N) is 2. The smallest absolute Gasteiger partial charge is 0.250 e. The quantitative estimate of drug-likeness (QED) is 0.366. The van der Waals surface area contributed by atoms with E-state index in [9.17, 15) is 4.79 Å². The Labute approximate surface area is 174 Å². The van der Waals surface area contributed by atoms with Crippen LogP contribution in [-0.4, -0.2) is 37.8 Å². The summed E-state index contributed by atoms with van der Waals surface area (Å²) in [6.45, 7) is 6.63. The highest BCUT2D eigenvalue weighted by atomic mass is 16.5. The van der Waals surface area contributed by atoms with E-state index in [0.717, 1.165) is 56.3 Å². The van der Waals surface area contributed by atoms with E-state index in [0.29, 0.717) is 5.92 Å². The minimum absolute atomic E-state index is 0.0708. The molecule has 0 amide bonds. The molecule has 2 aromatic rings. The number of aryl methyl sites for hydroxylation is 1. The molecule has 2 rings (SSSR count). The summed E-state index contributed by atoms with van der Waals surface area (Å²) in [6, 6.07) is 13.6. The zero-order valence-corrected chi connectivity index (χ0v) is 18.1. The number of aromatic nitrogens is 1. The molecule has 1 aromatic heterocycles. The normalized spacial score (nSPS) is 12.5. The van der Waals surface area contributed by atoms with Crippen molar-refractivity contribution in [3.63, 3.8) is 0 Å².